The molecule has 0 aromatic heterocycles. The minimum absolute atomic E-state index is 0.0458. The van der Waals surface area contributed by atoms with Crippen molar-refractivity contribution in [1.29, 1.82) is 0 Å². The van der Waals surface area contributed by atoms with Crippen LogP contribution in [0.3, 0.4) is 0 Å². The van der Waals surface area contributed by atoms with Crippen LogP contribution >= 0.6 is 15.9 Å². The topological polar surface area (TPSA) is 32.3 Å². The molecule has 3 rings (SSSR count). The Labute approximate surface area is 109 Å². The molecule has 1 saturated carbocycles. The van der Waals surface area contributed by atoms with Crippen LogP contribution in [-0.2, 0) is 0 Å². The average Bonchev–Trinajstić information content (AvgIpc) is 2.88. The Kier molecular flexibility index (Phi) is 2.62. The fraction of sp³-hybridized carbons (Fsp3) is 0.462. The summed E-state index contributed by atoms with van der Waals surface area (Å²) in [4.78, 5) is 13.9. The van der Waals surface area contributed by atoms with Crippen molar-refractivity contribution in [3.8, 4) is 0 Å². The van der Waals surface area contributed by atoms with Gasteiger partial charge in [0.2, 0.25) is 0 Å². The number of urea groups is 1. The molecule has 1 aliphatic heterocycles. The molecule has 17 heavy (non-hydrogen) atoms. The van der Waals surface area contributed by atoms with Crippen LogP contribution < -0.4 is 10.2 Å². The first-order valence-corrected chi connectivity index (χ1v) is 6.83. The second-order valence-corrected chi connectivity index (χ2v) is 5.90. The van der Waals surface area contributed by atoms with Gasteiger partial charge in [0.05, 0.1) is 12.1 Å². The first-order valence-electron chi connectivity index (χ1n) is 6.04. The number of hydrogen-bond donors (Lipinski definition) is 1. The van der Waals surface area contributed by atoms with Crippen LogP contribution in [0.25, 0.3) is 0 Å². The fourth-order valence-electron chi connectivity index (χ4n) is 2.87. The van der Waals surface area contributed by atoms with Gasteiger partial charge in [-0.2, -0.15) is 0 Å². The van der Waals surface area contributed by atoms with Gasteiger partial charge in [0, 0.05) is 10.2 Å². The number of nitrogens with one attached hydrogen (secondary N) is 1. The van der Waals surface area contributed by atoms with E-state index in [1.54, 1.807) is 0 Å². The van der Waals surface area contributed by atoms with Crippen LogP contribution in [0.15, 0.2) is 28.7 Å². The Morgan fingerprint density at radius 3 is 2.47 bits per heavy atom. The van der Waals surface area contributed by atoms with Crippen molar-refractivity contribution in [2.75, 3.05) is 11.4 Å². The smallest absolute Gasteiger partial charge is 0.322 e. The van der Waals surface area contributed by atoms with Gasteiger partial charge in [0.25, 0.3) is 0 Å². The van der Waals surface area contributed by atoms with Gasteiger partial charge in [-0.25, -0.2) is 4.79 Å². The molecule has 1 saturated heterocycles. The first kappa shape index (κ1) is 11.1. The van der Waals surface area contributed by atoms with Crippen LogP contribution in [0, 0.1) is 0 Å². The molecule has 2 fully saturated rings. The van der Waals surface area contributed by atoms with Crippen molar-refractivity contribution < 1.29 is 4.79 Å². The predicted octanol–water partition coefficient (Wildman–Crippen LogP) is 3.29. The van der Waals surface area contributed by atoms with E-state index in [0.717, 1.165) is 29.5 Å². The Balaban J connectivity index is 1.85. The molecule has 1 heterocycles. The third kappa shape index (κ3) is 1.95. The van der Waals surface area contributed by atoms with Gasteiger partial charge >= 0.3 is 6.03 Å². The van der Waals surface area contributed by atoms with E-state index in [2.05, 4.69) is 21.2 Å². The minimum atomic E-state index is 0.0458. The normalized spacial score (nSPS) is 22.2. The van der Waals surface area contributed by atoms with Gasteiger partial charge in [-0.3, -0.25) is 4.90 Å². The maximum atomic E-state index is 12.0. The lowest BCUT2D eigenvalue weighted by Gasteiger charge is -2.22. The SMILES string of the molecule is O=C1NC2(CCCC2)CN1c1ccc(Br)cc1. The van der Waals surface area contributed by atoms with Crippen LogP contribution in [0.1, 0.15) is 25.7 Å². The van der Waals surface area contributed by atoms with E-state index in [4.69, 9.17) is 0 Å². The molecule has 0 radical (unpaired) electrons. The van der Waals surface area contributed by atoms with Crippen molar-refractivity contribution in [1.82, 2.24) is 5.32 Å². The van der Waals surface area contributed by atoms with Crippen molar-refractivity contribution in [3.63, 3.8) is 0 Å². The van der Waals surface area contributed by atoms with E-state index >= 15 is 0 Å². The lowest BCUT2D eigenvalue weighted by molar-refractivity contribution is 0.247. The zero-order valence-corrected chi connectivity index (χ0v) is 11.2. The van der Waals surface area contributed by atoms with Crippen LogP contribution in [0.4, 0.5) is 10.5 Å². The average molecular weight is 295 g/mol. The van der Waals surface area contributed by atoms with Gasteiger partial charge in [0.1, 0.15) is 0 Å². The molecular weight excluding hydrogens is 280 g/mol. The molecule has 1 aromatic carbocycles. The number of nitrogens with zero attached hydrogens (tertiary/aromatic N) is 1. The van der Waals surface area contributed by atoms with Crippen molar-refractivity contribution >= 4 is 27.6 Å². The summed E-state index contributed by atoms with van der Waals surface area (Å²) in [5, 5.41) is 3.17. The molecule has 1 aliphatic carbocycles. The molecule has 1 spiro atoms. The lowest BCUT2D eigenvalue weighted by atomic mass is 9.99. The summed E-state index contributed by atoms with van der Waals surface area (Å²) >= 11 is 3.41. The highest BCUT2D eigenvalue weighted by Crippen LogP contribution is 2.35. The van der Waals surface area contributed by atoms with E-state index in [1.807, 2.05) is 29.2 Å². The summed E-state index contributed by atoms with van der Waals surface area (Å²) in [5.41, 5.74) is 1.03. The Hall–Kier alpha value is -1.03. The summed E-state index contributed by atoms with van der Waals surface area (Å²) in [7, 11) is 0. The third-order valence-corrected chi connectivity index (χ3v) is 4.31. The largest absolute Gasteiger partial charge is 0.330 e. The second kappa shape index (κ2) is 4.02. The molecule has 0 atom stereocenters. The number of anilines is 1. The minimum Gasteiger partial charge on any atom is -0.330 e. The maximum Gasteiger partial charge on any atom is 0.322 e. The number of hydrogen-bond acceptors (Lipinski definition) is 1. The third-order valence-electron chi connectivity index (χ3n) is 3.78. The van der Waals surface area contributed by atoms with Gasteiger partial charge in [-0.15, -0.1) is 0 Å². The predicted molar refractivity (Wildman–Crippen MR) is 71.2 cm³/mol. The summed E-state index contributed by atoms with van der Waals surface area (Å²) < 4.78 is 1.04. The quantitative estimate of drug-likeness (QED) is 0.847. The zero-order chi connectivity index (χ0) is 11.9. The summed E-state index contributed by atoms with van der Waals surface area (Å²) in [6.07, 6.45) is 4.69. The highest BCUT2D eigenvalue weighted by Gasteiger charge is 2.44. The van der Waals surface area contributed by atoms with Gasteiger partial charge in [-0.05, 0) is 37.1 Å². The fourth-order valence-corrected chi connectivity index (χ4v) is 3.14. The molecule has 3 nitrogen and oxygen atoms in total. The molecule has 4 heteroatoms. The second-order valence-electron chi connectivity index (χ2n) is 4.98. The molecule has 2 amide bonds. The number of carbonyl (C=O) groups excluding carboxylic acids is 1. The zero-order valence-electron chi connectivity index (χ0n) is 9.58. The number of benzene rings is 1. The van der Waals surface area contributed by atoms with E-state index < -0.39 is 0 Å². The molecule has 1 N–H and O–H groups in total. The van der Waals surface area contributed by atoms with Crippen molar-refractivity contribution in [2.45, 2.75) is 31.2 Å². The Morgan fingerprint density at radius 2 is 1.82 bits per heavy atom. The van der Waals surface area contributed by atoms with Gasteiger partial charge in [-0.1, -0.05) is 28.8 Å². The van der Waals surface area contributed by atoms with Crippen molar-refractivity contribution in [2.24, 2.45) is 0 Å². The van der Waals surface area contributed by atoms with Crippen molar-refractivity contribution in [3.05, 3.63) is 28.7 Å². The van der Waals surface area contributed by atoms with E-state index in [0.29, 0.717) is 0 Å². The molecule has 90 valence electrons. The number of carbonyl (C=O) groups is 1. The van der Waals surface area contributed by atoms with Crippen LogP contribution in [0.5, 0.6) is 0 Å². The Morgan fingerprint density at radius 1 is 1.18 bits per heavy atom. The van der Waals surface area contributed by atoms with Gasteiger partial charge in [0.15, 0.2) is 0 Å². The van der Waals surface area contributed by atoms with Crippen LogP contribution in [0.2, 0.25) is 0 Å². The standard InChI is InChI=1S/C13H15BrN2O/c14-10-3-5-11(6-4-10)16-9-13(15-12(16)17)7-1-2-8-13/h3-6H,1-2,7-9H2,(H,15,17). The number of halogens is 1. The molecule has 0 bridgehead atoms. The van der Waals surface area contributed by atoms with Crippen LogP contribution in [-0.4, -0.2) is 18.1 Å². The lowest BCUT2D eigenvalue weighted by Crippen LogP contribution is -2.40. The summed E-state index contributed by atoms with van der Waals surface area (Å²) in [6, 6.07) is 7.97. The monoisotopic (exact) mass is 294 g/mol. The van der Waals surface area contributed by atoms with E-state index in [9.17, 15) is 4.79 Å². The van der Waals surface area contributed by atoms with E-state index in [-0.39, 0.29) is 11.6 Å². The first-order chi connectivity index (χ1) is 8.19. The maximum absolute atomic E-state index is 12.0. The molecular formula is C13H15BrN2O. The highest BCUT2D eigenvalue weighted by atomic mass is 79.9. The number of rotatable bonds is 1. The molecule has 1 aromatic rings. The summed E-state index contributed by atoms with van der Waals surface area (Å²) in [6.45, 7) is 0.813. The number of amides is 2. The van der Waals surface area contributed by atoms with Gasteiger partial charge < -0.3 is 5.32 Å². The molecule has 2 aliphatic rings. The molecule has 0 unspecified atom stereocenters. The highest BCUT2D eigenvalue weighted by molar-refractivity contribution is 9.10. The van der Waals surface area contributed by atoms with E-state index in [1.165, 1.54) is 12.8 Å². The Bertz CT molecular complexity index is 437. The summed E-state index contributed by atoms with van der Waals surface area (Å²) in [5.74, 6) is 0.